The summed E-state index contributed by atoms with van der Waals surface area (Å²) in [5.74, 6) is -0.278. The lowest BCUT2D eigenvalue weighted by molar-refractivity contribution is 0.0940. The molecule has 152 valence electrons. The van der Waals surface area contributed by atoms with Gasteiger partial charge in [-0.05, 0) is 31.2 Å². The van der Waals surface area contributed by atoms with Crippen LogP contribution in [0.25, 0.3) is 0 Å². The number of hydrogen-bond donors (Lipinski definition) is 3. The zero-order valence-corrected chi connectivity index (χ0v) is 17.1. The number of methoxy groups -OCH3 is 1. The van der Waals surface area contributed by atoms with Gasteiger partial charge in [0.2, 0.25) is 10.0 Å². The molecule has 0 saturated carbocycles. The Morgan fingerprint density at radius 3 is 2.67 bits per heavy atom. The third-order valence-electron chi connectivity index (χ3n) is 4.60. The molecule has 1 aromatic carbocycles. The summed E-state index contributed by atoms with van der Waals surface area (Å²) < 4.78 is 32.1. The zero-order valence-electron chi connectivity index (χ0n) is 16.2. The Bertz CT molecular complexity index is 729. The van der Waals surface area contributed by atoms with E-state index in [4.69, 9.17) is 4.74 Å². The molecule has 27 heavy (non-hydrogen) atoms. The highest BCUT2D eigenvalue weighted by Gasteiger charge is 2.25. The summed E-state index contributed by atoms with van der Waals surface area (Å²) in [6.45, 7) is 6.92. The first kappa shape index (κ1) is 21.6. The molecule has 1 heterocycles. The first-order valence-corrected chi connectivity index (χ1v) is 10.8. The van der Waals surface area contributed by atoms with Crippen molar-refractivity contribution in [3.05, 3.63) is 23.8 Å². The van der Waals surface area contributed by atoms with E-state index in [9.17, 15) is 13.2 Å². The molecule has 1 unspecified atom stereocenters. The van der Waals surface area contributed by atoms with Crippen molar-refractivity contribution in [1.29, 1.82) is 0 Å². The quantitative estimate of drug-likeness (QED) is 0.506. The van der Waals surface area contributed by atoms with Gasteiger partial charge in [-0.2, -0.15) is 4.31 Å². The van der Waals surface area contributed by atoms with Crippen molar-refractivity contribution in [3.63, 3.8) is 0 Å². The number of benzene rings is 1. The third-order valence-corrected chi connectivity index (χ3v) is 6.64. The molecule has 0 aliphatic carbocycles. The molecule has 8 nitrogen and oxygen atoms in total. The molecule has 1 saturated heterocycles. The van der Waals surface area contributed by atoms with Crippen LogP contribution in [0, 0.1) is 0 Å². The van der Waals surface area contributed by atoms with E-state index in [-0.39, 0.29) is 16.8 Å². The number of anilines is 1. The fourth-order valence-electron chi connectivity index (χ4n) is 3.07. The number of hydrogen-bond acceptors (Lipinski definition) is 6. The SMILES string of the molecule is CCN(CC)S(=O)(=O)c1ccc(NCCOC)c(C(=O)NC2CCNC2)c1. The molecular weight excluding hydrogens is 368 g/mol. The van der Waals surface area contributed by atoms with E-state index in [0.717, 1.165) is 19.5 Å². The molecule has 0 radical (unpaired) electrons. The molecule has 3 N–H and O–H groups in total. The molecule has 1 fully saturated rings. The first-order chi connectivity index (χ1) is 12.9. The van der Waals surface area contributed by atoms with Gasteiger partial charge in [0, 0.05) is 45.0 Å². The fourth-order valence-corrected chi connectivity index (χ4v) is 4.55. The van der Waals surface area contributed by atoms with Crippen molar-refractivity contribution in [2.24, 2.45) is 0 Å². The van der Waals surface area contributed by atoms with Gasteiger partial charge in [0.1, 0.15) is 0 Å². The monoisotopic (exact) mass is 398 g/mol. The molecule has 9 heteroatoms. The van der Waals surface area contributed by atoms with Crippen molar-refractivity contribution in [3.8, 4) is 0 Å². The maximum atomic E-state index is 12.8. The van der Waals surface area contributed by atoms with E-state index >= 15 is 0 Å². The molecular formula is C18H30N4O4S. The van der Waals surface area contributed by atoms with Gasteiger partial charge in [0.05, 0.1) is 17.1 Å². The number of carbonyl (C=O) groups excluding carboxylic acids is 1. The largest absolute Gasteiger partial charge is 0.383 e. The van der Waals surface area contributed by atoms with Crippen LogP contribution in [0.2, 0.25) is 0 Å². The van der Waals surface area contributed by atoms with Crippen LogP contribution in [-0.4, -0.2) is 71.1 Å². The number of carbonyl (C=O) groups is 1. The van der Waals surface area contributed by atoms with Gasteiger partial charge in [-0.15, -0.1) is 0 Å². The highest BCUT2D eigenvalue weighted by atomic mass is 32.2. The van der Waals surface area contributed by atoms with Gasteiger partial charge in [0.15, 0.2) is 0 Å². The fraction of sp³-hybridized carbons (Fsp3) is 0.611. The van der Waals surface area contributed by atoms with Crippen LogP contribution in [-0.2, 0) is 14.8 Å². The Morgan fingerprint density at radius 2 is 2.07 bits per heavy atom. The molecule has 0 aromatic heterocycles. The van der Waals surface area contributed by atoms with Gasteiger partial charge >= 0.3 is 0 Å². The van der Waals surface area contributed by atoms with Crippen LogP contribution in [0.3, 0.4) is 0 Å². The van der Waals surface area contributed by atoms with Crippen LogP contribution in [0.4, 0.5) is 5.69 Å². The molecule has 1 aliphatic heterocycles. The van der Waals surface area contributed by atoms with Gasteiger partial charge in [-0.25, -0.2) is 8.42 Å². The van der Waals surface area contributed by atoms with Crippen LogP contribution in [0.15, 0.2) is 23.1 Å². The van der Waals surface area contributed by atoms with Crippen molar-refractivity contribution < 1.29 is 17.9 Å². The van der Waals surface area contributed by atoms with Crippen LogP contribution >= 0.6 is 0 Å². The van der Waals surface area contributed by atoms with Crippen molar-refractivity contribution in [2.45, 2.75) is 31.2 Å². The number of nitrogens with zero attached hydrogens (tertiary/aromatic N) is 1. The highest BCUT2D eigenvalue weighted by molar-refractivity contribution is 7.89. The average Bonchev–Trinajstić information content (AvgIpc) is 3.15. The molecule has 1 amide bonds. The van der Waals surface area contributed by atoms with Gasteiger partial charge in [-0.3, -0.25) is 4.79 Å². The maximum Gasteiger partial charge on any atom is 0.253 e. The summed E-state index contributed by atoms with van der Waals surface area (Å²) in [6.07, 6.45) is 0.857. The van der Waals surface area contributed by atoms with Gasteiger partial charge in [0.25, 0.3) is 5.91 Å². The van der Waals surface area contributed by atoms with E-state index in [2.05, 4.69) is 16.0 Å². The van der Waals surface area contributed by atoms with Crippen LogP contribution in [0.5, 0.6) is 0 Å². The second-order valence-electron chi connectivity index (χ2n) is 6.38. The Balaban J connectivity index is 2.34. The number of nitrogens with one attached hydrogen (secondary N) is 3. The van der Waals surface area contributed by atoms with E-state index in [1.807, 2.05) is 0 Å². The maximum absolute atomic E-state index is 12.8. The van der Waals surface area contributed by atoms with Crippen LogP contribution in [0.1, 0.15) is 30.6 Å². The Hall–Kier alpha value is -1.68. The highest BCUT2D eigenvalue weighted by Crippen LogP contribution is 2.23. The molecule has 2 rings (SSSR count). The normalized spacial score (nSPS) is 17.3. The Morgan fingerprint density at radius 1 is 1.33 bits per heavy atom. The number of ether oxygens (including phenoxy) is 1. The number of amides is 1. The molecule has 1 aliphatic rings. The average molecular weight is 399 g/mol. The molecule has 1 aromatic rings. The van der Waals surface area contributed by atoms with Crippen LogP contribution < -0.4 is 16.0 Å². The predicted molar refractivity (Wildman–Crippen MR) is 106 cm³/mol. The second-order valence-corrected chi connectivity index (χ2v) is 8.32. The smallest absolute Gasteiger partial charge is 0.253 e. The minimum Gasteiger partial charge on any atom is -0.383 e. The first-order valence-electron chi connectivity index (χ1n) is 9.32. The van der Waals surface area contributed by atoms with E-state index in [1.165, 1.54) is 16.4 Å². The minimum absolute atomic E-state index is 0.0485. The lowest BCUT2D eigenvalue weighted by Crippen LogP contribution is -2.37. The molecule has 0 spiro atoms. The summed E-state index contributed by atoms with van der Waals surface area (Å²) in [7, 11) is -2.04. The van der Waals surface area contributed by atoms with Gasteiger partial charge < -0.3 is 20.7 Å². The van der Waals surface area contributed by atoms with E-state index in [0.29, 0.717) is 37.5 Å². The number of sulfonamides is 1. The molecule has 0 bridgehead atoms. The van der Waals surface area contributed by atoms with Crippen molar-refractivity contribution in [2.75, 3.05) is 51.8 Å². The summed E-state index contributed by atoms with van der Waals surface area (Å²) in [5.41, 5.74) is 0.917. The van der Waals surface area contributed by atoms with Crippen molar-refractivity contribution >= 4 is 21.6 Å². The Labute approximate surface area is 161 Å². The van der Waals surface area contributed by atoms with E-state index in [1.54, 1.807) is 27.0 Å². The zero-order chi connectivity index (χ0) is 19.9. The standard InChI is InChI=1S/C18H30N4O4S/c1-4-22(5-2)27(24,25)15-6-7-17(20-10-11-26-3)16(12-15)18(23)21-14-8-9-19-13-14/h6-7,12,14,19-20H,4-5,8-11,13H2,1-3H3,(H,21,23). The lowest BCUT2D eigenvalue weighted by atomic mass is 10.1. The predicted octanol–water partition coefficient (Wildman–Crippen LogP) is 0.867. The van der Waals surface area contributed by atoms with E-state index < -0.39 is 10.0 Å². The summed E-state index contributed by atoms with van der Waals surface area (Å²) >= 11 is 0. The Kier molecular flexibility index (Phi) is 8.03. The third kappa shape index (κ3) is 5.41. The summed E-state index contributed by atoms with van der Waals surface area (Å²) in [4.78, 5) is 12.9. The minimum atomic E-state index is -3.64. The molecule has 1 atom stereocenters. The van der Waals surface area contributed by atoms with Crippen molar-refractivity contribution in [1.82, 2.24) is 14.9 Å². The lowest BCUT2D eigenvalue weighted by Gasteiger charge is -2.20. The summed E-state index contributed by atoms with van der Waals surface area (Å²) in [5, 5.41) is 9.33. The summed E-state index contributed by atoms with van der Waals surface area (Å²) in [6, 6.07) is 4.69. The number of rotatable bonds is 10. The second kappa shape index (κ2) is 10.0. The van der Waals surface area contributed by atoms with Gasteiger partial charge in [-0.1, -0.05) is 13.8 Å². The topological polar surface area (TPSA) is 99.8 Å².